The minimum absolute atomic E-state index is 0.612. The summed E-state index contributed by atoms with van der Waals surface area (Å²) in [6.45, 7) is 17.2. The minimum atomic E-state index is -1.30. The van der Waals surface area contributed by atoms with E-state index in [1.54, 1.807) is 0 Å². The van der Waals surface area contributed by atoms with E-state index in [0.717, 1.165) is 25.0 Å². The molecule has 0 aromatic heterocycles. The summed E-state index contributed by atoms with van der Waals surface area (Å²) >= 11 is 0. The molecule has 0 aromatic rings. The van der Waals surface area contributed by atoms with Crippen molar-refractivity contribution in [2.24, 2.45) is 11.8 Å². The van der Waals surface area contributed by atoms with Gasteiger partial charge in [0, 0.05) is 18.6 Å². The van der Waals surface area contributed by atoms with Crippen molar-refractivity contribution in [3.05, 3.63) is 0 Å². The molecule has 0 amide bonds. The number of hydrogen-bond acceptors (Lipinski definition) is 4. The number of rotatable bonds is 6. The van der Waals surface area contributed by atoms with Gasteiger partial charge in [0.15, 0.2) is 0 Å². The largest absolute Gasteiger partial charge is 0.361 e. The van der Waals surface area contributed by atoms with Crippen LogP contribution >= 0.6 is 14.2 Å². The zero-order valence-corrected chi connectivity index (χ0v) is 20.4. The van der Waals surface area contributed by atoms with E-state index >= 15 is 0 Å². The van der Waals surface area contributed by atoms with Crippen molar-refractivity contribution in [3.8, 4) is 0 Å². The second-order valence-corrected chi connectivity index (χ2v) is 16.3. The van der Waals surface area contributed by atoms with Gasteiger partial charge >= 0.3 is 0 Å². The van der Waals surface area contributed by atoms with Gasteiger partial charge in [0.2, 0.25) is 0 Å². The highest BCUT2D eigenvalue weighted by Gasteiger charge is 2.29. The molecule has 4 unspecified atom stereocenters. The van der Waals surface area contributed by atoms with Crippen LogP contribution in [0.3, 0.4) is 0 Å². The van der Waals surface area contributed by atoms with Gasteiger partial charge in [0.05, 0.1) is 13.2 Å². The molecule has 2 aliphatic heterocycles. The second-order valence-electron chi connectivity index (χ2n) is 9.49. The van der Waals surface area contributed by atoms with Gasteiger partial charge in [-0.25, -0.2) is 0 Å². The smallest absolute Gasteiger partial charge is 0.0665 e. The molecule has 6 heteroatoms. The molecule has 2 rings (SSSR count). The van der Waals surface area contributed by atoms with Gasteiger partial charge in [0.1, 0.15) is 0 Å². The van der Waals surface area contributed by atoms with Crippen molar-refractivity contribution >= 4 is 26.8 Å². The van der Waals surface area contributed by atoms with E-state index in [9.17, 15) is 0 Å². The normalized spacial score (nSPS) is 31.1. The summed E-state index contributed by atoms with van der Waals surface area (Å²) in [7, 11) is 1.78. The Labute approximate surface area is 163 Å². The molecule has 156 valence electrons. The summed E-state index contributed by atoms with van der Waals surface area (Å²) in [6, 6.07) is 1.23. The third-order valence-corrected chi connectivity index (χ3v) is 6.96. The van der Waals surface area contributed by atoms with Crippen molar-refractivity contribution in [2.75, 3.05) is 67.1 Å². The zero-order valence-electron chi connectivity index (χ0n) is 18.6. The fourth-order valence-electron chi connectivity index (χ4n) is 3.61. The van der Waals surface area contributed by atoms with Crippen molar-refractivity contribution in [3.63, 3.8) is 0 Å². The first-order valence-electron chi connectivity index (χ1n) is 9.84. The molecule has 2 heterocycles. The lowest BCUT2D eigenvalue weighted by atomic mass is 10.0. The van der Waals surface area contributed by atoms with Gasteiger partial charge in [0.25, 0.3) is 0 Å². The van der Waals surface area contributed by atoms with E-state index in [1.165, 1.54) is 25.9 Å². The summed E-state index contributed by atoms with van der Waals surface area (Å²) < 4.78 is 11.6. The molecule has 0 bridgehead atoms. The molecule has 4 atom stereocenters. The quantitative estimate of drug-likeness (QED) is 0.624. The predicted molar refractivity (Wildman–Crippen MR) is 124 cm³/mol. The Morgan fingerprint density at radius 2 is 1.46 bits per heavy atom. The van der Waals surface area contributed by atoms with Crippen LogP contribution in [0.4, 0.5) is 0 Å². The first-order chi connectivity index (χ1) is 11.8. The third-order valence-electron chi connectivity index (χ3n) is 5.27. The molecule has 2 fully saturated rings. The maximum atomic E-state index is 5.81. The van der Waals surface area contributed by atoms with Crippen molar-refractivity contribution in [1.29, 1.82) is 0 Å². The second kappa shape index (κ2) is 10.3. The molecule has 26 heavy (non-hydrogen) atoms. The number of likely N-dealkylation sites (N-methyl/N-ethyl adjacent to an activating group) is 2. The zero-order chi connectivity index (χ0) is 20.1. The summed E-state index contributed by atoms with van der Waals surface area (Å²) in [5.74, 6) is 1.60. The molecule has 0 spiro atoms. The Hall–Kier alpha value is 0.440. The molecule has 4 nitrogen and oxygen atoms in total. The van der Waals surface area contributed by atoms with Crippen LogP contribution in [0.5, 0.6) is 0 Å². The first kappa shape index (κ1) is 24.5. The van der Waals surface area contributed by atoms with Crippen molar-refractivity contribution in [1.82, 2.24) is 9.80 Å². The highest BCUT2D eigenvalue weighted by molar-refractivity contribution is 7.67. The molecule has 0 aromatic carbocycles. The third kappa shape index (κ3) is 9.58. The van der Waals surface area contributed by atoms with Gasteiger partial charge in [-0.15, -0.1) is 0 Å². The SMILES string of the molecule is C=P(C)(C)OCC1C(C)CCN1C.C=P(C)(C)OCC1CC(C)CN1C. The van der Waals surface area contributed by atoms with Gasteiger partial charge in [-0.2, -0.15) is 0 Å². The van der Waals surface area contributed by atoms with Crippen LogP contribution in [0.15, 0.2) is 0 Å². The van der Waals surface area contributed by atoms with Crippen LogP contribution in [-0.2, 0) is 9.05 Å². The Balaban J connectivity index is 0.000000260. The van der Waals surface area contributed by atoms with Crippen LogP contribution in [0.1, 0.15) is 26.7 Å². The van der Waals surface area contributed by atoms with E-state index < -0.39 is 14.2 Å². The van der Waals surface area contributed by atoms with Crippen LogP contribution in [-0.4, -0.2) is 102 Å². The van der Waals surface area contributed by atoms with Gasteiger partial charge < -0.3 is 18.8 Å². The van der Waals surface area contributed by atoms with Gasteiger partial charge in [-0.1, -0.05) is 26.4 Å². The molecular formula is C20H44N2O2P2. The molecule has 0 radical (unpaired) electrons. The Morgan fingerprint density at radius 3 is 1.85 bits per heavy atom. The Kier molecular flexibility index (Phi) is 9.68. The average Bonchev–Trinajstić information content (AvgIpc) is 2.96. The summed E-state index contributed by atoms with van der Waals surface area (Å²) in [5, 5.41) is 0. The van der Waals surface area contributed by atoms with E-state index in [0.29, 0.717) is 12.1 Å². The van der Waals surface area contributed by atoms with Crippen LogP contribution in [0, 0.1) is 11.8 Å². The van der Waals surface area contributed by atoms with E-state index in [-0.39, 0.29) is 0 Å². The number of nitrogens with zero attached hydrogens (tertiary/aromatic N) is 2. The maximum absolute atomic E-state index is 5.81. The van der Waals surface area contributed by atoms with Crippen LogP contribution in [0.2, 0.25) is 0 Å². The summed E-state index contributed by atoms with van der Waals surface area (Å²) in [6.07, 6.45) is 10.7. The molecule has 0 N–H and O–H groups in total. The van der Waals surface area contributed by atoms with Gasteiger partial charge in [-0.3, -0.25) is 0 Å². The highest BCUT2D eigenvalue weighted by atomic mass is 31.2. The van der Waals surface area contributed by atoms with E-state index in [4.69, 9.17) is 9.05 Å². The van der Waals surface area contributed by atoms with Crippen molar-refractivity contribution < 1.29 is 9.05 Å². The molecular weight excluding hydrogens is 362 g/mol. The first-order valence-corrected chi connectivity index (χ1v) is 15.4. The Bertz CT molecular complexity index is 504. The van der Waals surface area contributed by atoms with Gasteiger partial charge in [-0.05, 0) is 86.2 Å². The number of hydrogen-bond donors (Lipinski definition) is 0. The maximum Gasteiger partial charge on any atom is 0.0665 e. The number of likely N-dealkylation sites (tertiary alicyclic amines) is 2. The topological polar surface area (TPSA) is 24.9 Å². The van der Waals surface area contributed by atoms with E-state index in [1.807, 2.05) is 0 Å². The monoisotopic (exact) mass is 406 g/mol. The molecule has 0 aliphatic carbocycles. The minimum Gasteiger partial charge on any atom is -0.361 e. The molecule has 0 saturated carbocycles. The fraction of sp³-hybridized carbons (Fsp3) is 0.900. The Morgan fingerprint density at radius 1 is 0.923 bits per heavy atom. The molecule has 2 aliphatic rings. The lowest BCUT2D eigenvalue weighted by molar-refractivity contribution is 0.188. The standard InChI is InChI=1S/2C10H22NOP/c1-9-6-10(11(2)7-9)8-12-13(3,4)5;1-9-6-7-11(2)10(9)8-12-13(3,4)5/h2*9-10H,3,6-8H2,1-2,4-5H3. The lowest BCUT2D eigenvalue weighted by Gasteiger charge is -2.25. The summed E-state index contributed by atoms with van der Waals surface area (Å²) in [4.78, 5) is 4.81. The van der Waals surface area contributed by atoms with E-state index in [2.05, 4.69) is 77.0 Å². The summed E-state index contributed by atoms with van der Waals surface area (Å²) in [5.41, 5.74) is 0. The highest BCUT2D eigenvalue weighted by Crippen LogP contribution is 2.38. The fourth-order valence-corrected chi connectivity index (χ4v) is 4.74. The van der Waals surface area contributed by atoms with Crippen LogP contribution < -0.4 is 0 Å². The van der Waals surface area contributed by atoms with Crippen molar-refractivity contribution in [2.45, 2.75) is 38.8 Å². The van der Waals surface area contributed by atoms with Crippen LogP contribution in [0.25, 0.3) is 0 Å². The predicted octanol–water partition coefficient (Wildman–Crippen LogP) is 3.93. The lowest BCUT2D eigenvalue weighted by Crippen LogP contribution is -2.32. The molecule has 2 saturated heterocycles. The average molecular weight is 407 g/mol.